The molecule has 0 amide bonds. The summed E-state index contributed by atoms with van der Waals surface area (Å²) in [6, 6.07) is 9.57. The van der Waals surface area contributed by atoms with E-state index < -0.39 is 21.8 Å². The molecule has 0 atom stereocenters. The van der Waals surface area contributed by atoms with Crippen LogP contribution in [0.15, 0.2) is 47.4 Å². The van der Waals surface area contributed by atoms with Gasteiger partial charge in [0.2, 0.25) is 0 Å². The quantitative estimate of drug-likeness (QED) is 0.592. The molecule has 0 saturated heterocycles. The molecular formula is C14H11FINO4S. The zero-order valence-electron chi connectivity index (χ0n) is 11.3. The summed E-state index contributed by atoms with van der Waals surface area (Å²) in [5.74, 6) is -1.70. The van der Waals surface area contributed by atoms with Gasteiger partial charge in [-0.2, -0.15) is 0 Å². The number of sulfonamides is 1. The summed E-state index contributed by atoms with van der Waals surface area (Å²) >= 11 is 2.06. The molecular weight excluding hydrogens is 424 g/mol. The van der Waals surface area contributed by atoms with Crippen LogP contribution in [0.3, 0.4) is 0 Å². The Morgan fingerprint density at radius 3 is 2.36 bits per heavy atom. The maximum absolute atomic E-state index is 13.8. The molecule has 0 spiro atoms. The number of benzene rings is 2. The first-order chi connectivity index (χ1) is 10.3. The SMILES string of the molecule is COC(=O)c1ccc(NS(=O)(=O)c2ccc(I)cc2)cc1F. The first-order valence-corrected chi connectivity index (χ1v) is 8.56. The third-order valence-electron chi connectivity index (χ3n) is 2.75. The molecule has 0 radical (unpaired) electrons. The molecule has 116 valence electrons. The molecule has 0 unspecified atom stereocenters. The first-order valence-electron chi connectivity index (χ1n) is 6.00. The fraction of sp³-hybridized carbons (Fsp3) is 0.0714. The largest absolute Gasteiger partial charge is 0.465 e. The van der Waals surface area contributed by atoms with E-state index in [4.69, 9.17) is 0 Å². The number of hydrogen-bond donors (Lipinski definition) is 1. The number of anilines is 1. The predicted octanol–water partition coefficient (Wildman–Crippen LogP) is 3.02. The van der Waals surface area contributed by atoms with E-state index in [1.807, 2.05) is 0 Å². The lowest BCUT2D eigenvalue weighted by molar-refractivity contribution is 0.0595. The number of nitrogens with one attached hydrogen (secondary N) is 1. The second-order valence-electron chi connectivity index (χ2n) is 4.25. The van der Waals surface area contributed by atoms with Crippen molar-refractivity contribution in [3.05, 3.63) is 57.4 Å². The number of halogens is 2. The molecule has 0 aliphatic heterocycles. The highest BCUT2D eigenvalue weighted by atomic mass is 127. The normalized spacial score (nSPS) is 11.0. The van der Waals surface area contributed by atoms with E-state index in [2.05, 4.69) is 32.0 Å². The molecule has 2 aromatic carbocycles. The van der Waals surface area contributed by atoms with Gasteiger partial charge in [-0.15, -0.1) is 0 Å². The van der Waals surface area contributed by atoms with Gasteiger partial charge in [0, 0.05) is 3.57 Å². The molecule has 22 heavy (non-hydrogen) atoms. The summed E-state index contributed by atoms with van der Waals surface area (Å²) in [4.78, 5) is 11.3. The number of rotatable bonds is 4. The summed E-state index contributed by atoms with van der Waals surface area (Å²) in [5.41, 5.74) is -0.247. The van der Waals surface area contributed by atoms with E-state index in [1.54, 1.807) is 12.1 Å². The number of ether oxygens (including phenoxy) is 1. The fourth-order valence-corrected chi connectivity index (χ4v) is 3.09. The second-order valence-corrected chi connectivity index (χ2v) is 7.17. The second kappa shape index (κ2) is 6.61. The summed E-state index contributed by atoms with van der Waals surface area (Å²) < 4.78 is 45.7. The van der Waals surface area contributed by atoms with Crippen LogP contribution < -0.4 is 4.72 Å². The lowest BCUT2D eigenvalue weighted by atomic mass is 10.2. The fourth-order valence-electron chi connectivity index (χ4n) is 1.68. The van der Waals surface area contributed by atoms with E-state index in [9.17, 15) is 17.6 Å². The van der Waals surface area contributed by atoms with Crippen LogP contribution in [-0.2, 0) is 14.8 Å². The van der Waals surface area contributed by atoms with Gasteiger partial charge < -0.3 is 4.74 Å². The summed E-state index contributed by atoms with van der Waals surface area (Å²) in [7, 11) is -2.69. The Bertz CT molecular complexity index is 806. The molecule has 0 aromatic heterocycles. The molecule has 0 bridgehead atoms. The van der Waals surface area contributed by atoms with E-state index >= 15 is 0 Å². The van der Waals surface area contributed by atoms with Gasteiger partial charge >= 0.3 is 5.97 Å². The molecule has 0 aliphatic rings. The Kier molecular flexibility index (Phi) is 5.01. The summed E-state index contributed by atoms with van der Waals surface area (Å²) in [6.07, 6.45) is 0. The van der Waals surface area contributed by atoms with Gasteiger partial charge in [-0.3, -0.25) is 4.72 Å². The molecule has 5 nitrogen and oxygen atoms in total. The maximum Gasteiger partial charge on any atom is 0.340 e. The molecule has 0 heterocycles. The first kappa shape index (κ1) is 16.7. The van der Waals surface area contributed by atoms with Crippen LogP contribution in [0.1, 0.15) is 10.4 Å². The third kappa shape index (κ3) is 3.74. The van der Waals surface area contributed by atoms with Crippen molar-refractivity contribution in [1.29, 1.82) is 0 Å². The molecule has 0 fully saturated rings. The van der Waals surface area contributed by atoms with Crippen molar-refractivity contribution in [2.45, 2.75) is 4.90 Å². The van der Waals surface area contributed by atoms with Crippen LogP contribution in [-0.4, -0.2) is 21.5 Å². The van der Waals surface area contributed by atoms with Crippen LogP contribution in [0.2, 0.25) is 0 Å². The van der Waals surface area contributed by atoms with E-state index in [0.717, 1.165) is 22.8 Å². The van der Waals surface area contributed by atoms with Crippen molar-refractivity contribution in [1.82, 2.24) is 0 Å². The van der Waals surface area contributed by atoms with Crippen LogP contribution >= 0.6 is 22.6 Å². The van der Waals surface area contributed by atoms with Gasteiger partial charge in [0.1, 0.15) is 5.82 Å². The summed E-state index contributed by atoms with van der Waals surface area (Å²) in [6.45, 7) is 0. The van der Waals surface area contributed by atoms with Crippen molar-refractivity contribution in [2.75, 3.05) is 11.8 Å². The van der Waals surface area contributed by atoms with E-state index in [1.165, 1.54) is 18.2 Å². The molecule has 8 heteroatoms. The van der Waals surface area contributed by atoms with Gasteiger partial charge in [-0.25, -0.2) is 17.6 Å². The molecule has 2 aromatic rings. The standard InChI is InChI=1S/C14H11FINO4S/c1-21-14(18)12-7-4-10(8-13(12)15)17-22(19,20)11-5-2-9(16)3-6-11/h2-8,17H,1H3. The number of hydrogen-bond acceptors (Lipinski definition) is 4. The van der Waals surface area contributed by atoms with Crippen molar-refractivity contribution in [3.63, 3.8) is 0 Å². The van der Waals surface area contributed by atoms with Gasteiger partial charge in [-0.1, -0.05) is 0 Å². The predicted molar refractivity (Wildman–Crippen MR) is 87.7 cm³/mol. The average molecular weight is 435 g/mol. The van der Waals surface area contributed by atoms with Crippen LogP contribution in [0, 0.1) is 9.39 Å². The Labute approximate surface area is 140 Å². The van der Waals surface area contributed by atoms with Crippen molar-refractivity contribution < 1.29 is 22.3 Å². The highest BCUT2D eigenvalue weighted by Gasteiger charge is 2.17. The highest BCUT2D eigenvalue weighted by Crippen LogP contribution is 2.20. The Hall–Kier alpha value is -1.68. The van der Waals surface area contributed by atoms with Gasteiger partial charge in [-0.05, 0) is 65.1 Å². The average Bonchev–Trinajstić information content (AvgIpc) is 2.46. The van der Waals surface area contributed by atoms with Gasteiger partial charge in [0.15, 0.2) is 0 Å². The number of methoxy groups -OCH3 is 1. The minimum Gasteiger partial charge on any atom is -0.465 e. The zero-order chi connectivity index (χ0) is 16.3. The van der Waals surface area contributed by atoms with Gasteiger partial charge in [0.25, 0.3) is 10.0 Å². The Balaban J connectivity index is 2.28. The minimum atomic E-state index is -3.82. The lowest BCUT2D eigenvalue weighted by Crippen LogP contribution is -2.13. The van der Waals surface area contributed by atoms with Crippen molar-refractivity contribution in [2.24, 2.45) is 0 Å². The molecule has 2 rings (SSSR count). The monoisotopic (exact) mass is 435 g/mol. The number of esters is 1. The Morgan fingerprint density at radius 2 is 1.82 bits per heavy atom. The van der Waals surface area contributed by atoms with Crippen LogP contribution in [0.4, 0.5) is 10.1 Å². The number of carbonyl (C=O) groups is 1. The molecule has 1 N–H and O–H groups in total. The zero-order valence-corrected chi connectivity index (χ0v) is 14.3. The maximum atomic E-state index is 13.8. The highest BCUT2D eigenvalue weighted by molar-refractivity contribution is 14.1. The van der Waals surface area contributed by atoms with E-state index in [0.29, 0.717) is 0 Å². The molecule has 0 saturated carbocycles. The van der Waals surface area contributed by atoms with E-state index in [-0.39, 0.29) is 16.1 Å². The van der Waals surface area contributed by atoms with Gasteiger partial charge in [0.05, 0.1) is 23.3 Å². The van der Waals surface area contributed by atoms with Crippen LogP contribution in [0.5, 0.6) is 0 Å². The topological polar surface area (TPSA) is 72.5 Å². The lowest BCUT2D eigenvalue weighted by Gasteiger charge is -2.09. The van der Waals surface area contributed by atoms with Crippen LogP contribution in [0.25, 0.3) is 0 Å². The Morgan fingerprint density at radius 1 is 1.18 bits per heavy atom. The van der Waals surface area contributed by atoms with Crippen molar-refractivity contribution >= 4 is 44.3 Å². The number of carbonyl (C=O) groups excluding carboxylic acids is 1. The molecule has 0 aliphatic carbocycles. The minimum absolute atomic E-state index is 0.0173. The smallest absolute Gasteiger partial charge is 0.340 e. The third-order valence-corrected chi connectivity index (χ3v) is 4.87. The summed E-state index contributed by atoms with van der Waals surface area (Å²) in [5, 5.41) is 0. The van der Waals surface area contributed by atoms with Crippen molar-refractivity contribution in [3.8, 4) is 0 Å².